The third-order valence-corrected chi connectivity index (χ3v) is 6.19. The van der Waals surface area contributed by atoms with E-state index in [1.807, 2.05) is 0 Å². The summed E-state index contributed by atoms with van der Waals surface area (Å²) in [7, 11) is 6.18. The molecular formula is C30H36N2O8. The molecule has 0 heterocycles. The molecular weight excluding hydrogens is 516 g/mol. The predicted octanol–water partition coefficient (Wildman–Crippen LogP) is 6.69. The zero-order chi connectivity index (χ0) is 29.5. The van der Waals surface area contributed by atoms with Crippen LogP contribution in [0.2, 0.25) is 0 Å². The lowest BCUT2D eigenvalue weighted by molar-refractivity contribution is 0.0451. The van der Waals surface area contributed by atoms with Crippen LogP contribution in [-0.4, -0.2) is 40.6 Å². The van der Waals surface area contributed by atoms with Crippen LogP contribution < -0.4 is 29.6 Å². The molecule has 0 atom stereocenters. The number of para-hydroxylation sites is 2. The average Bonchev–Trinajstić information content (AvgIpc) is 2.92. The van der Waals surface area contributed by atoms with E-state index < -0.39 is 23.4 Å². The fourth-order valence-corrected chi connectivity index (χ4v) is 3.86. The van der Waals surface area contributed by atoms with Crippen LogP contribution in [0.25, 0.3) is 0 Å². The van der Waals surface area contributed by atoms with Crippen molar-refractivity contribution in [2.75, 3.05) is 39.1 Å². The van der Waals surface area contributed by atoms with Gasteiger partial charge in [0.15, 0.2) is 0 Å². The van der Waals surface area contributed by atoms with Crippen LogP contribution in [0.15, 0.2) is 60.7 Å². The lowest BCUT2D eigenvalue weighted by Crippen LogP contribution is -2.30. The molecule has 10 nitrogen and oxygen atoms in total. The minimum absolute atomic E-state index is 0.323. The van der Waals surface area contributed by atoms with Crippen LogP contribution in [0, 0.1) is 0 Å². The van der Waals surface area contributed by atoms with Gasteiger partial charge in [-0.1, -0.05) is 12.1 Å². The van der Waals surface area contributed by atoms with E-state index in [1.54, 1.807) is 117 Å². The number of amides is 2. The Bertz CT molecular complexity index is 1210. The van der Waals surface area contributed by atoms with Gasteiger partial charge in [0.2, 0.25) is 0 Å². The number of benzene rings is 3. The normalized spacial score (nSPS) is 11.2. The molecule has 3 aromatic carbocycles. The van der Waals surface area contributed by atoms with Gasteiger partial charge >= 0.3 is 12.2 Å². The van der Waals surface area contributed by atoms with E-state index >= 15 is 0 Å². The third kappa shape index (κ3) is 7.49. The zero-order valence-electron chi connectivity index (χ0n) is 24.0. The molecule has 0 bridgehead atoms. The Morgan fingerprint density at radius 2 is 0.850 bits per heavy atom. The molecule has 3 aromatic rings. The van der Waals surface area contributed by atoms with Crippen molar-refractivity contribution in [2.24, 2.45) is 0 Å². The van der Waals surface area contributed by atoms with Gasteiger partial charge in [-0.25, -0.2) is 9.59 Å². The summed E-state index contributed by atoms with van der Waals surface area (Å²) in [5.41, 5.74) is -0.0755. The van der Waals surface area contributed by atoms with Gasteiger partial charge in [0.1, 0.15) is 34.2 Å². The van der Waals surface area contributed by atoms with E-state index in [1.165, 1.54) is 0 Å². The molecule has 0 radical (unpaired) electrons. The first-order valence-electron chi connectivity index (χ1n) is 12.5. The van der Waals surface area contributed by atoms with Crippen LogP contribution in [0.5, 0.6) is 23.0 Å². The summed E-state index contributed by atoms with van der Waals surface area (Å²) >= 11 is 0. The first kappa shape index (κ1) is 29.9. The molecule has 10 heteroatoms. The fourth-order valence-electron chi connectivity index (χ4n) is 3.86. The third-order valence-electron chi connectivity index (χ3n) is 6.19. The Hall–Kier alpha value is -4.60. The Morgan fingerprint density at radius 1 is 0.550 bits per heavy atom. The number of nitrogens with one attached hydrogen (secondary N) is 2. The Kier molecular flexibility index (Phi) is 9.36. The summed E-state index contributed by atoms with van der Waals surface area (Å²) in [5.74, 6) is 2.26. The van der Waals surface area contributed by atoms with Gasteiger partial charge in [-0.3, -0.25) is 10.6 Å². The molecule has 0 aliphatic carbocycles. The molecule has 0 fully saturated rings. The van der Waals surface area contributed by atoms with E-state index in [0.29, 0.717) is 45.5 Å². The van der Waals surface area contributed by atoms with Crippen molar-refractivity contribution in [3.63, 3.8) is 0 Å². The second-order valence-electron chi connectivity index (χ2n) is 9.80. The second-order valence-corrected chi connectivity index (χ2v) is 9.80. The number of methoxy groups -OCH3 is 4. The van der Waals surface area contributed by atoms with Gasteiger partial charge in [-0.15, -0.1) is 0 Å². The maximum atomic E-state index is 12.9. The number of carbonyl (C=O) groups excluding carboxylic acids is 2. The number of ether oxygens (including phenoxy) is 6. The first-order chi connectivity index (χ1) is 18.9. The van der Waals surface area contributed by atoms with Crippen molar-refractivity contribution >= 4 is 23.6 Å². The highest BCUT2D eigenvalue weighted by Crippen LogP contribution is 2.34. The predicted molar refractivity (Wildman–Crippen MR) is 152 cm³/mol. The zero-order valence-corrected chi connectivity index (χ0v) is 24.0. The molecule has 0 aliphatic rings. The minimum Gasteiger partial charge on any atom is -0.497 e. The molecule has 0 aliphatic heterocycles. The quantitative estimate of drug-likeness (QED) is 0.286. The first-order valence-corrected chi connectivity index (χ1v) is 12.5. The minimum atomic E-state index is -1.03. The monoisotopic (exact) mass is 552 g/mol. The SMILES string of the molecule is COc1cc(OC)cc(C(C)(C)OC(=O)Nc2ccccc2NC(=O)OC(C)(C)c2cc(OC)cc(OC)c2)c1. The second kappa shape index (κ2) is 12.5. The van der Waals surface area contributed by atoms with Crippen molar-refractivity contribution in [3.8, 4) is 23.0 Å². The topological polar surface area (TPSA) is 114 Å². The lowest BCUT2D eigenvalue weighted by atomic mass is 9.97. The Morgan fingerprint density at radius 3 is 1.12 bits per heavy atom. The van der Waals surface area contributed by atoms with Crippen molar-refractivity contribution in [2.45, 2.75) is 38.9 Å². The van der Waals surface area contributed by atoms with Gasteiger partial charge in [0.25, 0.3) is 0 Å². The molecule has 214 valence electrons. The molecule has 3 rings (SSSR count). The molecule has 0 saturated heterocycles. The average molecular weight is 553 g/mol. The van der Waals surface area contributed by atoms with Crippen molar-refractivity contribution in [1.82, 2.24) is 0 Å². The van der Waals surface area contributed by atoms with Crippen molar-refractivity contribution in [3.05, 3.63) is 71.8 Å². The Balaban J connectivity index is 1.73. The largest absolute Gasteiger partial charge is 0.497 e. The number of rotatable bonds is 10. The van der Waals surface area contributed by atoms with E-state index in [9.17, 15) is 9.59 Å². The van der Waals surface area contributed by atoms with E-state index in [4.69, 9.17) is 28.4 Å². The standard InChI is InChI=1S/C30H36N2O8/c1-29(2,19-13-21(35-5)17-22(14-19)36-6)39-27(33)31-25-11-9-10-12-26(25)32-28(34)40-30(3,4)20-15-23(37-7)18-24(16-20)38-8/h9-18H,1-8H3,(H,31,33)(H,32,34). The summed E-state index contributed by atoms with van der Waals surface area (Å²) in [6.07, 6.45) is -1.45. The fraction of sp³-hybridized carbons (Fsp3) is 0.333. The van der Waals surface area contributed by atoms with Crippen LogP contribution in [0.3, 0.4) is 0 Å². The molecule has 2 amide bonds. The summed E-state index contributed by atoms with van der Waals surface area (Å²) in [6, 6.07) is 17.2. The summed E-state index contributed by atoms with van der Waals surface area (Å²) in [4.78, 5) is 25.8. The van der Waals surface area contributed by atoms with Gasteiger partial charge in [-0.05, 0) is 64.1 Å². The Labute approximate surface area is 234 Å². The number of anilines is 2. The highest BCUT2D eigenvalue weighted by atomic mass is 16.6. The lowest BCUT2D eigenvalue weighted by Gasteiger charge is -2.27. The van der Waals surface area contributed by atoms with Crippen LogP contribution in [0.1, 0.15) is 38.8 Å². The highest BCUT2D eigenvalue weighted by Gasteiger charge is 2.29. The number of carbonyl (C=O) groups is 2. The van der Waals surface area contributed by atoms with Crippen LogP contribution >= 0.6 is 0 Å². The maximum absolute atomic E-state index is 12.9. The van der Waals surface area contributed by atoms with Gasteiger partial charge in [-0.2, -0.15) is 0 Å². The van der Waals surface area contributed by atoms with Gasteiger partial charge in [0.05, 0.1) is 39.8 Å². The van der Waals surface area contributed by atoms with Crippen molar-refractivity contribution in [1.29, 1.82) is 0 Å². The molecule has 40 heavy (non-hydrogen) atoms. The van der Waals surface area contributed by atoms with E-state index in [2.05, 4.69) is 10.6 Å². The maximum Gasteiger partial charge on any atom is 0.412 e. The molecule has 0 saturated carbocycles. The smallest absolute Gasteiger partial charge is 0.412 e. The van der Waals surface area contributed by atoms with Crippen molar-refractivity contribution < 1.29 is 38.0 Å². The summed E-state index contributed by atoms with van der Waals surface area (Å²) in [5, 5.41) is 5.39. The molecule has 0 aromatic heterocycles. The summed E-state index contributed by atoms with van der Waals surface area (Å²) < 4.78 is 32.8. The number of hydrogen-bond acceptors (Lipinski definition) is 8. The molecule has 0 spiro atoms. The molecule has 2 N–H and O–H groups in total. The number of hydrogen-bond donors (Lipinski definition) is 2. The van der Waals surface area contributed by atoms with Gasteiger partial charge in [0, 0.05) is 23.3 Å². The molecule has 0 unspecified atom stereocenters. The van der Waals surface area contributed by atoms with Crippen LogP contribution in [0.4, 0.5) is 21.0 Å². The van der Waals surface area contributed by atoms with Gasteiger partial charge < -0.3 is 28.4 Å². The highest BCUT2D eigenvalue weighted by molar-refractivity contribution is 5.95. The van der Waals surface area contributed by atoms with Crippen LogP contribution in [-0.2, 0) is 20.7 Å². The summed E-state index contributed by atoms with van der Waals surface area (Å²) in [6.45, 7) is 6.99. The van der Waals surface area contributed by atoms with E-state index in [-0.39, 0.29) is 0 Å². The van der Waals surface area contributed by atoms with E-state index in [0.717, 1.165) is 0 Å².